The molecule has 4 rings (SSSR count). The van der Waals surface area contributed by atoms with Crippen LogP contribution in [0, 0.1) is 11.8 Å². The van der Waals surface area contributed by atoms with Crippen molar-refractivity contribution in [1.29, 1.82) is 0 Å². The molecule has 0 amide bonds. The van der Waals surface area contributed by atoms with Gasteiger partial charge in [-0.2, -0.15) is 0 Å². The molecule has 0 heterocycles. The molecule has 0 aliphatic carbocycles. The third-order valence-electron chi connectivity index (χ3n) is 8.52. The average molecular weight is 850 g/mol. The summed E-state index contributed by atoms with van der Waals surface area (Å²) in [5, 5.41) is 3.41. The Kier molecular flexibility index (Phi) is 22.4. The first-order valence-corrected chi connectivity index (χ1v) is 19.5. The Balaban J connectivity index is 0.000000331. The molecule has 62 heavy (non-hydrogen) atoms. The number of rotatable bonds is 21. The van der Waals surface area contributed by atoms with Crippen LogP contribution in [0.5, 0.6) is 0 Å². The molecule has 0 aliphatic rings. The Labute approximate surface area is 360 Å². The van der Waals surface area contributed by atoms with E-state index < -0.39 is 60.3 Å². The van der Waals surface area contributed by atoms with E-state index in [1.54, 1.807) is 49.4 Å². The second kappa shape index (κ2) is 28.2. The van der Waals surface area contributed by atoms with Crippen LogP contribution in [0.15, 0.2) is 151 Å². The van der Waals surface area contributed by atoms with Gasteiger partial charge in [0.2, 0.25) is 0 Å². The van der Waals surface area contributed by atoms with Gasteiger partial charge in [-0.25, -0.2) is 28.0 Å². The minimum Gasteiger partial charge on any atom is -0.462 e. The predicted molar refractivity (Wildman–Crippen MR) is 233 cm³/mol. The van der Waals surface area contributed by atoms with E-state index in [9.17, 15) is 32.8 Å². The van der Waals surface area contributed by atoms with E-state index in [0.29, 0.717) is 0 Å². The van der Waals surface area contributed by atoms with Crippen LogP contribution in [0.1, 0.15) is 36.1 Å². The number of alkyl halides is 2. The number of benzene rings is 4. The summed E-state index contributed by atoms with van der Waals surface area (Å²) < 4.78 is 49.4. The number of halogens is 2. The number of aldehydes is 1. The number of ether oxygens (including phenoxy) is 4. The monoisotopic (exact) mass is 849 g/mol. The highest BCUT2D eigenvalue weighted by Gasteiger charge is 2.32. The van der Waals surface area contributed by atoms with Gasteiger partial charge in [0.25, 0.3) is 0 Å². The van der Waals surface area contributed by atoms with Gasteiger partial charge in [0.1, 0.15) is 19.3 Å². The quantitative estimate of drug-likeness (QED) is 0.0200. The van der Waals surface area contributed by atoms with E-state index in [2.05, 4.69) is 9.99 Å². The Hall–Kier alpha value is -7.28. The van der Waals surface area contributed by atoms with Gasteiger partial charge < -0.3 is 23.8 Å². The van der Waals surface area contributed by atoms with Gasteiger partial charge in [-0.05, 0) is 46.6 Å². The lowest BCUT2D eigenvalue weighted by molar-refractivity contribution is -0.154. The van der Waals surface area contributed by atoms with Crippen molar-refractivity contribution in [2.45, 2.75) is 38.4 Å². The third kappa shape index (κ3) is 19.6. The molecular weight excluding hydrogens is 801 g/mol. The molecular formula is C49H49F2NO10. The molecule has 0 saturated heterocycles. The zero-order chi connectivity index (χ0) is 45.0. The summed E-state index contributed by atoms with van der Waals surface area (Å²) in [4.78, 5) is 63.6. The molecule has 6 atom stereocenters. The molecule has 11 nitrogen and oxygen atoms in total. The second-order valence-corrected chi connectivity index (χ2v) is 13.5. The summed E-state index contributed by atoms with van der Waals surface area (Å²) in [6, 6.07) is 36.6. The van der Waals surface area contributed by atoms with Gasteiger partial charge in [-0.1, -0.05) is 140 Å². The van der Waals surface area contributed by atoms with Crippen molar-refractivity contribution in [3.63, 3.8) is 0 Å². The fraction of sp³-hybridized carbons (Fsp3) is 0.224. The Morgan fingerprint density at radius 2 is 0.823 bits per heavy atom. The zero-order valence-electron chi connectivity index (χ0n) is 34.5. The van der Waals surface area contributed by atoms with E-state index in [-0.39, 0.29) is 19.5 Å². The van der Waals surface area contributed by atoms with Gasteiger partial charge in [0.15, 0.2) is 18.6 Å². The van der Waals surface area contributed by atoms with E-state index >= 15 is 0 Å². The SMILES string of the molecule is CON=C[C@@H](F)[C@H](OC(=O)/C=C/c1ccccc1)[C@@H](C)COC(=O)/C=C/c1ccccc1.C[C@@H](COC(=O)/C=C/c1ccccc1)[C@@H](OC(=O)/C=C/c1ccccc1)[C@H](F)C=O. The highest BCUT2D eigenvalue weighted by Crippen LogP contribution is 2.18. The number of nitrogens with zero attached hydrogens (tertiary/aromatic N) is 1. The van der Waals surface area contributed by atoms with Gasteiger partial charge in [-0.15, -0.1) is 0 Å². The summed E-state index contributed by atoms with van der Waals surface area (Å²) >= 11 is 0. The lowest BCUT2D eigenvalue weighted by Gasteiger charge is -2.24. The standard InChI is InChI=1S/C25H26FNO5.C24H23FO5/c1-19(18-31-23(28)15-13-20-9-5-3-6-10-20)25(22(26)17-27-30-2)32-24(29)16-14-21-11-7-4-8-12-21;1-18(17-29-22(27)14-12-19-8-4-2-5-9-19)24(21(25)16-26)30-23(28)15-13-20-10-6-3-7-11-20/h3-17,19,22,25H,18H2,1-2H3;2-16,18,21,24H,17H2,1H3/b15-13+,16-14+,27-17?;14-12+,15-13+/t19-,22+,25+;18-,21+,24+/m00/s1. The predicted octanol–water partition coefficient (Wildman–Crippen LogP) is 8.52. The average Bonchev–Trinajstić information content (AvgIpc) is 3.31. The van der Waals surface area contributed by atoms with Crippen molar-refractivity contribution in [1.82, 2.24) is 0 Å². The summed E-state index contributed by atoms with van der Waals surface area (Å²) in [7, 11) is 1.27. The topological polar surface area (TPSA) is 144 Å². The summed E-state index contributed by atoms with van der Waals surface area (Å²) in [5.41, 5.74) is 3.23. The molecule has 4 aromatic rings. The Morgan fingerprint density at radius 3 is 1.13 bits per heavy atom. The van der Waals surface area contributed by atoms with Gasteiger partial charge >= 0.3 is 23.9 Å². The van der Waals surface area contributed by atoms with Gasteiger partial charge in [0.05, 0.1) is 19.4 Å². The van der Waals surface area contributed by atoms with Gasteiger partial charge in [-0.3, -0.25) is 4.79 Å². The molecule has 0 aliphatic heterocycles. The maximum atomic E-state index is 14.6. The Bertz CT molecular complexity index is 2110. The van der Waals surface area contributed by atoms with Crippen molar-refractivity contribution in [3.05, 3.63) is 168 Å². The number of carbonyl (C=O) groups excluding carboxylic acids is 5. The highest BCUT2D eigenvalue weighted by atomic mass is 19.1. The maximum Gasteiger partial charge on any atom is 0.331 e. The first kappa shape index (κ1) is 49.1. The first-order chi connectivity index (χ1) is 30.0. The van der Waals surface area contributed by atoms with E-state index in [4.69, 9.17) is 18.9 Å². The van der Waals surface area contributed by atoms with Crippen LogP contribution < -0.4 is 0 Å². The van der Waals surface area contributed by atoms with Crippen molar-refractivity contribution >= 4 is 60.7 Å². The van der Waals surface area contributed by atoms with Crippen molar-refractivity contribution in [2.75, 3.05) is 20.3 Å². The van der Waals surface area contributed by atoms with E-state index in [0.717, 1.165) is 34.5 Å². The van der Waals surface area contributed by atoms with Crippen LogP contribution in [0.2, 0.25) is 0 Å². The lowest BCUT2D eigenvalue weighted by atomic mass is 10.0. The van der Waals surface area contributed by atoms with Crippen molar-refractivity contribution in [2.24, 2.45) is 17.0 Å². The maximum absolute atomic E-state index is 14.6. The van der Waals surface area contributed by atoms with Crippen LogP contribution in [0.25, 0.3) is 24.3 Å². The second-order valence-electron chi connectivity index (χ2n) is 13.5. The molecule has 13 heteroatoms. The zero-order valence-corrected chi connectivity index (χ0v) is 34.5. The number of oxime groups is 1. The number of hydrogen-bond donors (Lipinski definition) is 0. The lowest BCUT2D eigenvalue weighted by Crippen LogP contribution is -2.37. The number of carbonyl (C=O) groups is 5. The van der Waals surface area contributed by atoms with Crippen molar-refractivity contribution < 1.29 is 56.5 Å². The van der Waals surface area contributed by atoms with Crippen LogP contribution in [0.3, 0.4) is 0 Å². The molecule has 324 valence electrons. The minimum atomic E-state index is -2.03. The van der Waals surface area contributed by atoms with Crippen LogP contribution in [-0.2, 0) is 47.8 Å². The molecule has 4 aromatic carbocycles. The fourth-order valence-corrected chi connectivity index (χ4v) is 5.24. The highest BCUT2D eigenvalue weighted by molar-refractivity contribution is 5.89. The summed E-state index contributed by atoms with van der Waals surface area (Å²) in [6.07, 6.45) is 5.75. The molecule has 0 N–H and O–H groups in total. The number of hydrogen-bond acceptors (Lipinski definition) is 11. The van der Waals surface area contributed by atoms with Crippen LogP contribution in [0.4, 0.5) is 8.78 Å². The molecule has 0 unspecified atom stereocenters. The summed E-state index contributed by atoms with van der Waals surface area (Å²) in [6.45, 7) is 2.77. The van der Waals surface area contributed by atoms with Crippen LogP contribution in [-0.4, -0.2) is 81.3 Å². The van der Waals surface area contributed by atoms with E-state index in [1.165, 1.54) is 38.3 Å². The molecule has 0 saturated carbocycles. The molecule has 0 bridgehead atoms. The van der Waals surface area contributed by atoms with Crippen LogP contribution >= 0.6 is 0 Å². The van der Waals surface area contributed by atoms with Crippen molar-refractivity contribution in [3.8, 4) is 0 Å². The Morgan fingerprint density at radius 1 is 0.516 bits per heavy atom. The summed E-state index contributed by atoms with van der Waals surface area (Å²) in [5.74, 6) is -4.10. The molecule has 0 aromatic heterocycles. The fourth-order valence-electron chi connectivity index (χ4n) is 5.24. The van der Waals surface area contributed by atoms with E-state index in [1.807, 2.05) is 97.1 Å². The third-order valence-corrected chi connectivity index (χ3v) is 8.52. The molecule has 0 radical (unpaired) electrons. The largest absolute Gasteiger partial charge is 0.462 e. The normalized spacial score (nSPS) is 14.3. The number of esters is 4. The minimum absolute atomic E-state index is 0.0620. The molecule has 0 spiro atoms. The smallest absolute Gasteiger partial charge is 0.331 e. The molecule has 0 fully saturated rings. The van der Waals surface area contributed by atoms with Gasteiger partial charge in [0, 0.05) is 36.1 Å². The first-order valence-electron chi connectivity index (χ1n) is 19.5.